The van der Waals surface area contributed by atoms with Gasteiger partial charge in [-0.1, -0.05) is 0 Å². The summed E-state index contributed by atoms with van der Waals surface area (Å²) in [4.78, 5) is 42.3. The number of hydrogen-bond acceptors (Lipinski definition) is 6. The van der Waals surface area contributed by atoms with E-state index in [4.69, 9.17) is 20.4 Å². The molecular formula is C9H12O8S2. The van der Waals surface area contributed by atoms with E-state index in [9.17, 15) is 19.2 Å². The monoisotopic (exact) mass is 312 g/mol. The Balaban J connectivity index is 4.28. The van der Waals surface area contributed by atoms with Crippen LogP contribution in [0.2, 0.25) is 0 Å². The Morgan fingerprint density at radius 3 is 1.26 bits per heavy atom. The summed E-state index contributed by atoms with van der Waals surface area (Å²) in [5, 5.41) is 32.1. The molecule has 0 heterocycles. The first-order valence-electron chi connectivity index (χ1n) is 4.86. The van der Waals surface area contributed by atoms with Crippen molar-refractivity contribution < 1.29 is 39.6 Å². The summed E-state index contributed by atoms with van der Waals surface area (Å²) in [6.45, 7) is 0. The molecule has 0 aliphatic heterocycles. The Kier molecular flexibility index (Phi) is 8.00. The third kappa shape index (κ3) is 8.32. The van der Waals surface area contributed by atoms with Gasteiger partial charge in [-0.2, -0.15) is 0 Å². The van der Waals surface area contributed by atoms with E-state index in [1.807, 2.05) is 0 Å². The average Bonchev–Trinajstić information content (AvgIpc) is 2.24. The predicted molar refractivity (Wildman–Crippen MR) is 67.4 cm³/mol. The molecule has 0 aliphatic carbocycles. The van der Waals surface area contributed by atoms with Crippen LogP contribution in [-0.2, 0) is 19.2 Å². The minimum absolute atomic E-state index is 0.0194. The molecule has 8 nitrogen and oxygen atoms in total. The summed E-state index contributed by atoms with van der Waals surface area (Å²) in [5.74, 6) is -5.16. The highest BCUT2D eigenvalue weighted by molar-refractivity contribution is 8.17. The van der Waals surface area contributed by atoms with Gasteiger partial charge in [0.25, 0.3) is 0 Å². The molecule has 0 spiro atoms. The molecule has 2 unspecified atom stereocenters. The molecule has 4 N–H and O–H groups in total. The average molecular weight is 312 g/mol. The van der Waals surface area contributed by atoms with Crippen LogP contribution in [0.5, 0.6) is 0 Å². The topological polar surface area (TPSA) is 149 Å². The number of aliphatic carboxylic acids is 4. The van der Waals surface area contributed by atoms with Gasteiger partial charge in [-0.05, 0) is 0 Å². The summed E-state index contributed by atoms with van der Waals surface area (Å²) in [6.07, 6.45) is -1.17. The van der Waals surface area contributed by atoms with Crippen LogP contribution < -0.4 is 0 Å². The standard InChI is InChI=1S/C9H12O8S2/c10-6(11)1-4(8(14)15)18-3-19-5(9(16)17)2-7(12)13/h4-5H,1-3H2,(H,10,11)(H,12,13)(H,14,15)(H,16,17). The third-order valence-corrected chi connectivity index (χ3v) is 4.44. The highest BCUT2D eigenvalue weighted by atomic mass is 32.2. The molecule has 0 fully saturated rings. The molecule has 0 rings (SSSR count). The molecule has 0 saturated heterocycles. The van der Waals surface area contributed by atoms with Gasteiger partial charge in [0, 0.05) is 5.08 Å². The van der Waals surface area contributed by atoms with E-state index in [1.54, 1.807) is 0 Å². The lowest BCUT2D eigenvalue weighted by Crippen LogP contribution is -2.23. The first-order valence-corrected chi connectivity index (χ1v) is 6.96. The van der Waals surface area contributed by atoms with Crippen molar-refractivity contribution in [1.82, 2.24) is 0 Å². The SMILES string of the molecule is O=C(O)CC(SCSC(CC(=O)O)C(=O)O)C(=O)O. The fourth-order valence-electron chi connectivity index (χ4n) is 0.956. The van der Waals surface area contributed by atoms with Crippen molar-refractivity contribution in [2.24, 2.45) is 0 Å². The fraction of sp³-hybridized carbons (Fsp3) is 0.556. The van der Waals surface area contributed by atoms with Gasteiger partial charge in [0.2, 0.25) is 0 Å². The van der Waals surface area contributed by atoms with Gasteiger partial charge in [-0.3, -0.25) is 19.2 Å². The van der Waals surface area contributed by atoms with Crippen molar-refractivity contribution >= 4 is 47.4 Å². The number of carboxylic acids is 4. The van der Waals surface area contributed by atoms with E-state index in [0.717, 1.165) is 23.5 Å². The molecule has 0 saturated carbocycles. The minimum Gasteiger partial charge on any atom is -0.481 e. The third-order valence-electron chi connectivity index (χ3n) is 1.81. The lowest BCUT2D eigenvalue weighted by Gasteiger charge is -2.12. The molecule has 0 aliphatic rings. The van der Waals surface area contributed by atoms with Crippen LogP contribution in [0, 0.1) is 0 Å². The second-order valence-electron chi connectivity index (χ2n) is 3.30. The fourth-order valence-corrected chi connectivity index (χ4v) is 3.39. The minimum atomic E-state index is -1.31. The second kappa shape index (κ2) is 8.64. The van der Waals surface area contributed by atoms with Gasteiger partial charge < -0.3 is 20.4 Å². The van der Waals surface area contributed by atoms with Crippen LogP contribution >= 0.6 is 23.5 Å². The normalized spacial score (nSPS) is 13.5. The molecule has 0 aromatic rings. The molecule has 19 heavy (non-hydrogen) atoms. The number of thioether (sulfide) groups is 2. The van der Waals surface area contributed by atoms with Crippen LogP contribution in [0.25, 0.3) is 0 Å². The molecule has 2 atom stereocenters. The molecule has 108 valence electrons. The summed E-state index contributed by atoms with van der Waals surface area (Å²) >= 11 is 1.51. The zero-order valence-electron chi connectivity index (χ0n) is 9.51. The highest BCUT2D eigenvalue weighted by Crippen LogP contribution is 2.25. The van der Waals surface area contributed by atoms with Crippen LogP contribution in [0.1, 0.15) is 12.8 Å². The van der Waals surface area contributed by atoms with Crippen LogP contribution in [0.3, 0.4) is 0 Å². The van der Waals surface area contributed by atoms with E-state index in [-0.39, 0.29) is 5.08 Å². The number of carboxylic acid groups (broad SMARTS) is 4. The van der Waals surface area contributed by atoms with Gasteiger partial charge in [-0.15, -0.1) is 23.5 Å². The molecule has 0 bridgehead atoms. The number of rotatable bonds is 10. The largest absolute Gasteiger partial charge is 0.481 e. The van der Waals surface area contributed by atoms with Crippen LogP contribution in [-0.4, -0.2) is 59.9 Å². The molecule has 0 amide bonds. The Morgan fingerprint density at radius 2 is 1.05 bits per heavy atom. The van der Waals surface area contributed by atoms with Crippen molar-refractivity contribution in [1.29, 1.82) is 0 Å². The maximum absolute atomic E-state index is 10.7. The Labute approximate surface area is 116 Å². The Bertz CT molecular complexity index is 335. The van der Waals surface area contributed by atoms with Crippen molar-refractivity contribution in [2.75, 3.05) is 5.08 Å². The van der Waals surface area contributed by atoms with Crippen molar-refractivity contribution in [3.8, 4) is 0 Å². The number of carbonyl (C=O) groups is 4. The zero-order chi connectivity index (χ0) is 15.0. The summed E-state index contributed by atoms with van der Waals surface area (Å²) < 4.78 is 0. The molecule has 10 heteroatoms. The molecule has 0 radical (unpaired) electrons. The van der Waals surface area contributed by atoms with Crippen LogP contribution in [0.4, 0.5) is 0 Å². The predicted octanol–water partition coefficient (Wildman–Crippen LogP) is 0.266. The lowest BCUT2D eigenvalue weighted by atomic mass is 10.3. The second-order valence-corrected chi connectivity index (χ2v) is 6.05. The summed E-state index contributed by atoms with van der Waals surface area (Å²) in [7, 11) is 0. The first kappa shape index (κ1) is 17.6. The maximum Gasteiger partial charge on any atom is 0.317 e. The Hall–Kier alpha value is -1.42. The van der Waals surface area contributed by atoms with E-state index in [2.05, 4.69) is 0 Å². The number of hydrogen-bond donors (Lipinski definition) is 4. The van der Waals surface area contributed by atoms with Crippen molar-refractivity contribution in [2.45, 2.75) is 23.3 Å². The molecular weight excluding hydrogens is 300 g/mol. The molecule has 0 aromatic carbocycles. The summed E-state index contributed by atoms with van der Waals surface area (Å²) in [5.41, 5.74) is 0. The first-order chi connectivity index (χ1) is 8.73. The van der Waals surface area contributed by atoms with Crippen molar-refractivity contribution in [3.05, 3.63) is 0 Å². The van der Waals surface area contributed by atoms with E-state index in [0.29, 0.717) is 0 Å². The van der Waals surface area contributed by atoms with Gasteiger partial charge in [0.05, 0.1) is 12.8 Å². The zero-order valence-corrected chi connectivity index (χ0v) is 11.1. The smallest absolute Gasteiger partial charge is 0.317 e. The quantitative estimate of drug-likeness (QED) is 0.414. The highest BCUT2D eigenvalue weighted by Gasteiger charge is 2.25. The van der Waals surface area contributed by atoms with Gasteiger partial charge in [-0.25, -0.2) is 0 Å². The maximum atomic E-state index is 10.7. The summed E-state index contributed by atoms with van der Waals surface area (Å²) in [6, 6.07) is 0. The van der Waals surface area contributed by atoms with Crippen LogP contribution in [0.15, 0.2) is 0 Å². The Morgan fingerprint density at radius 1 is 0.737 bits per heavy atom. The van der Waals surface area contributed by atoms with Gasteiger partial charge >= 0.3 is 23.9 Å². The lowest BCUT2D eigenvalue weighted by molar-refractivity contribution is -0.143. The van der Waals surface area contributed by atoms with E-state index in [1.165, 1.54) is 0 Å². The van der Waals surface area contributed by atoms with E-state index < -0.39 is 47.2 Å². The van der Waals surface area contributed by atoms with Gasteiger partial charge in [0.15, 0.2) is 0 Å². The van der Waals surface area contributed by atoms with E-state index >= 15 is 0 Å². The van der Waals surface area contributed by atoms with Crippen molar-refractivity contribution in [3.63, 3.8) is 0 Å². The molecule has 0 aromatic heterocycles. The van der Waals surface area contributed by atoms with Gasteiger partial charge in [0.1, 0.15) is 10.5 Å².